The van der Waals surface area contributed by atoms with E-state index in [1.54, 1.807) is 36.3 Å². The van der Waals surface area contributed by atoms with Crippen molar-refractivity contribution in [2.75, 3.05) is 18.6 Å². The first-order chi connectivity index (χ1) is 16.0. The van der Waals surface area contributed by atoms with Crippen LogP contribution < -0.4 is 9.64 Å². The molecule has 1 fully saturated rings. The van der Waals surface area contributed by atoms with E-state index in [1.807, 2.05) is 53.1 Å². The average Bonchev–Trinajstić information content (AvgIpc) is 3.40. The standard InChI is InChI=1S/C26H22ClN3O3/c1-33-24-9-5-4-8-22(24)29-15-18(14-25(29)32)26-28-20-6-2-3-7-21(20)30(26)16-23(31)17-10-12-19(27)13-11-17/h2-13,18H,14-16H2,1H3. The highest BCUT2D eigenvalue weighted by atomic mass is 35.5. The topological polar surface area (TPSA) is 64.4 Å². The molecular weight excluding hydrogens is 438 g/mol. The van der Waals surface area contributed by atoms with Crippen LogP contribution >= 0.6 is 11.6 Å². The number of carbonyl (C=O) groups is 2. The lowest BCUT2D eigenvalue weighted by Gasteiger charge is -2.19. The van der Waals surface area contributed by atoms with Gasteiger partial charge in [-0.3, -0.25) is 9.59 Å². The van der Waals surface area contributed by atoms with Crippen LogP contribution in [0.3, 0.4) is 0 Å². The second-order valence-corrected chi connectivity index (χ2v) is 8.49. The number of hydrogen-bond donors (Lipinski definition) is 0. The molecule has 1 aromatic heterocycles. The highest BCUT2D eigenvalue weighted by Gasteiger charge is 2.36. The Labute approximate surface area is 196 Å². The van der Waals surface area contributed by atoms with Gasteiger partial charge in [0.25, 0.3) is 0 Å². The fourth-order valence-corrected chi connectivity index (χ4v) is 4.53. The number of methoxy groups -OCH3 is 1. The number of aromatic nitrogens is 2. The van der Waals surface area contributed by atoms with Crippen LogP contribution in [0.5, 0.6) is 5.75 Å². The van der Waals surface area contributed by atoms with Crippen molar-refractivity contribution in [2.24, 2.45) is 0 Å². The Morgan fingerprint density at radius 1 is 1.06 bits per heavy atom. The number of para-hydroxylation sites is 4. The summed E-state index contributed by atoms with van der Waals surface area (Å²) in [5.41, 5.74) is 3.01. The van der Waals surface area contributed by atoms with E-state index in [0.29, 0.717) is 29.3 Å². The van der Waals surface area contributed by atoms with Gasteiger partial charge in [-0.2, -0.15) is 0 Å². The molecule has 0 aliphatic carbocycles. The number of fused-ring (bicyclic) bond motifs is 1. The number of halogens is 1. The van der Waals surface area contributed by atoms with Gasteiger partial charge >= 0.3 is 0 Å². The molecule has 2 heterocycles. The highest BCUT2D eigenvalue weighted by Crippen LogP contribution is 2.37. The number of carbonyl (C=O) groups excluding carboxylic acids is 2. The molecule has 6 nitrogen and oxygen atoms in total. The van der Waals surface area contributed by atoms with Gasteiger partial charge in [0.1, 0.15) is 11.6 Å². The second kappa shape index (κ2) is 8.71. The first-order valence-electron chi connectivity index (χ1n) is 10.7. The number of Topliss-reactive ketones (excluding diaryl/α,β-unsaturated/α-hetero) is 1. The van der Waals surface area contributed by atoms with E-state index >= 15 is 0 Å². The smallest absolute Gasteiger partial charge is 0.227 e. The molecule has 5 rings (SSSR count). The van der Waals surface area contributed by atoms with Crippen LogP contribution in [0.4, 0.5) is 5.69 Å². The van der Waals surface area contributed by atoms with Crippen molar-refractivity contribution >= 4 is 40.0 Å². The Balaban J connectivity index is 1.50. The molecule has 0 bridgehead atoms. The van der Waals surface area contributed by atoms with Gasteiger partial charge < -0.3 is 14.2 Å². The third kappa shape index (κ3) is 3.98. The van der Waals surface area contributed by atoms with Crippen molar-refractivity contribution in [1.82, 2.24) is 9.55 Å². The maximum atomic E-state index is 13.1. The number of ether oxygens (including phenoxy) is 1. The van der Waals surface area contributed by atoms with Gasteiger partial charge in [-0.1, -0.05) is 35.9 Å². The lowest BCUT2D eigenvalue weighted by atomic mass is 10.1. The highest BCUT2D eigenvalue weighted by molar-refractivity contribution is 6.30. The van der Waals surface area contributed by atoms with Crippen molar-refractivity contribution < 1.29 is 14.3 Å². The van der Waals surface area contributed by atoms with Crippen LogP contribution in [0.25, 0.3) is 11.0 Å². The number of imidazole rings is 1. The number of ketones is 1. The minimum absolute atomic E-state index is 0.00661. The van der Waals surface area contributed by atoms with Gasteiger partial charge in [0.05, 0.1) is 30.4 Å². The molecule has 1 unspecified atom stereocenters. The summed E-state index contributed by atoms with van der Waals surface area (Å²) < 4.78 is 7.40. The molecule has 33 heavy (non-hydrogen) atoms. The van der Waals surface area contributed by atoms with Crippen LogP contribution in [0.2, 0.25) is 5.02 Å². The predicted molar refractivity (Wildman–Crippen MR) is 128 cm³/mol. The zero-order valence-electron chi connectivity index (χ0n) is 18.1. The number of rotatable bonds is 6. The minimum Gasteiger partial charge on any atom is -0.495 e. The van der Waals surface area contributed by atoms with Crippen molar-refractivity contribution in [2.45, 2.75) is 18.9 Å². The number of amides is 1. The molecule has 0 spiro atoms. The first-order valence-corrected chi connectivity index (χ1v) is 11.1. The SMILES string of the molecule is COc1ccccc1N1CC(c2nc3ccccc3n2CC(=O)c2ccc(Cl)cc2)CC1=O. The van der Waals surface area contributed by atoms with E-state index in [9.17, 15) is 9.59 Å². The van der Waals surface area contributed by atoms with Gasteiger partial charge in [0, 0.05) is 29.5 Å². The van der Waals surface area contributed by atoms with E-state index in [0.717, 1.165) is 22.5 Å². The van der Waals surface area contributed by atoms with E-state index in [2.05, 4.69) is 0 Å². The molecule has 1 aliphatic heterocycles. The molecule has 166 valence electrons. The Kier molecular flexibility index (Phi) is 5.60. The van der Waals surface area contributed by atoms with Crippen molar-refractivity contribution in [3.63, 3.8) is 0 Å². The fraction of sp³-hybridized carbons (Fsp3) is 0.192. The van der Waals surface area contributed by atoms with E-state index in [1.165, 1.54) is 0 Å². The summed E-state index contributed by atoms with van der Waals surface area (Å²) in [5.74, 6) is 1.21. The molecule has 0 radical (unpaired) electrons. The summed E-state index contributed by atoms with van der Waals surface area (Å²) in [6.45, 7) is 0.606. The zero-order chi connectivity index (χ0) is 22.9. The molecule has 7 heteroatoms. The predicted octanol–water partition coefficient (Wildman–Crippen LogP) is 5.10. The Morgan fingerprint density at radius 3 is 2.58 bits per heavy atom. The van der Waals surface area contributed by atoms with E-state index in [-0.39, 0.29) is 24.2 Å². The molecule has 0 N–H and O–H groups in total. The summed E-state index contributed by atoms with van der Waals surface area (Å²) in [4.78, 5) is 32.6. The quantitative estimate of drug-likeness (QED) is 0.376. The summed E-state index contributed by atoms with van der Waals surface area (Å²) in [6.07, 6.45) is 0.316. The number of anilines is 1. The largest absolute Gasteiger partial charge is 0.495 e. The first kappa shape index (κ1) is 21.2. The molecular formula is C26H22ClN3O3. The van der Waals surface area contributed by atoms with E-state index in [4.69, 9.17) is 21.3 Å². The summed E-state index contributed by atoms with van der Waals surface area (Å²) in [7, 11) is 1.60. The lowest BCUT2D eigenvalue weighted by Crippen LogP contribution is -2.25. The maximum Gasteiger partial charge on any atom is 0.227 e. The van der Waals surface area contributed by atoms with Crippen molar-refractivity contribution in [1.29, 1.82) is 0 Å². The van der Waals surface area contributed by atoms with Gasteiger partial charge in [0.15, 0.2) is 5.78 Å². The van der Waals surface area contributed by atoms with Gasteiger partial charge in [-0.05, 0) is 48.5 Å². The normalized spacial score (nSPS) is 15.9. The molecule has 3 aromatic carbocycles. The van der Waals surface area contributed by atoms with Crippen molar-refractivity contribution in [3.05, 3.63) is 89.2 Å². The third-order valence-corrected chi connectivity index (χ3v) is 6.27. The van der Waals surface area contributed by atoms with Crippen molar-refractivity contribution in [3.8, 4) is 5.75 Å². The molecule has 1 saturated heterocycles. The fourth-order valence-electron chi connectivity index (χ4n) is 4.41. The summed E-state index contributed by atoms with van der Waals surface area (Å²) in [5, 5.41) is 0.584. The monoisotopic (exact) mass is 459 g/mol. The molecule has 1 atom stereocenters. The molecule has 4 aromatic rings. The van der Waals surface area contributed by atoms with Gasteiger partial charge in [-0.25, -0.2) is 4.98 Å². The number of hydrogen-bond acceptors (Lipinski definition) is 4. The number of benzene rings is 3. The number of nitrogens with zero attached hydrogens (tertiary/aromatic N) is 3. The zero-order valence-corrected chi connectivity index (χ0v) is 18.8. The summed E-state index contributed by atoms with van der Waals surface area (Å²) in [6, 6.07) is 22.1. The van der Waals surface area contributed by atoms with Crippen LogP contribution in [0, 0.1) is 0 Å². The second-order valence-electron chi connectivity index (χ2n) is 8.05. The van der Waals surface area contributed by atoms with Crippen LogP contribution in [-0.4, -0.2) is 34.9 Å². The van der Waals surface area contributed by atoms with Crippen LogP contribution in [0.15, 0.2) is 72.8 Å². The third-order valence-electron chi connectivity index (χ3n) is 6.02. The molecule has 1 amide bonds. The summed E-state index contributed by atoms with van der Waals surface area (Å²) >= 11 is 5.98. The lowest BCUT2D eigenvalue weighted by molar-refractivity contribution is -0.117. The Morgan fingerprint density at radius 2 is 1.79 bits per heavy atom. The minimum atomic E-state index is -0.146. The van der Waals surface area contributed by atoms with Crippen LogP contribution in [0.1, 0.15) is 28.5 Å². The Hall–Kier alpha value is -3.64. The van der Waals surface area contributed by atoms with Gasteiger partial charge in [0.2, 0.25) is 5.91 Å². The average molecular weight is 460 g/mol. The van der Waals surface area contributed by atoms with Crippen LogP contribution in [-0.2, 0) is 11.3 Å². The Bertz CT molecular complexity index is 1350. The van der Waals surface area contributed by atoms with E-state index < -0.39 is 0 Å². The maximum absolute atomic E-state index is 13.1. The van der Waals surface area contributed by atoms with Gasteiger partial charge in [-0.15, -0.1) is 0 Å². The molecule has 1 aliphatic rings. The molecule has 0 saturated carbocycles.